The van der Waals surface area contributed by atoms with E-state index in [1.165, 1.54) is 5.56 Å². The summed E-state index contributed by atoms with van der Waals surface area (Å²) in [5.41, 5.74) is 2.33. The molecule has 0 fully saturated rings. The van der Waals surface area contributed by atoms with E-state index in [0.29, 0.717) is 5.75 Å². The van der Waals surface area contributed by atoms with Crippen molar-refractivity contribution in [2.24, 2.45) is 0 Å². The molecule has 0 amide bonds. The third-order valence-electron chi connectivity index (χ3n) is 2.12. The first kappa shape index (κ1) is 16.2. The van der Waals surface area contributed by atoms with Crippen LogP contribution in [0, 0.1) is 6.92 Å². The van der Waals surface area contributed by atoms with Crippen LogP contribution in [0.2, 0.25) is 0 Å². The molecule has 0 aliphatic heterocycles. The van der Waals surface area contributed by atoms with E-state index in [4.69, 9.17) is 5.11 Å². The van der Waals surface area contributed by atoms with Crippen LogP contribution < -0.4 is 0 Å². The van der Waals surface area contributed by atoms with Crippen LogP contribution in [-0.4, -0.2) is 10.1 Å². The van der Waals surface area contributed by atoms with Crippen LogP contribution in [0.5, 0.6) is 5.75 Å². The lowest BCUT2D eigenvalue weighted by Crippen LogP contribution is -1.81. The molecule has 1 aromatic heterocycles. The summed E-state index contributed by atoms with van der Waals surface area (Å²) in [6, 6.07) is 13.1. The van der Waals surface area contributed by atoms with Crippen molar-refractivity contribution in [3.63, 3.8) is 0 Å². The Morgan fingerprint density at radius 2 is 1.61 bits per heavy atom. The Labute approximate surface area is 110 Å². The SMILES string of the molecule is CC.CCc1ccccn1.Cc1ccc(O)cc1. The van der Waals surface area contributed by atoms with Gasteiger partial charge in [-0.2, -0.15) is 0 Å². The van der Waals surface area contributed by atoms with E-state index in [2.05, 4.69) is 11.9 Å². The number of pyridine rings is 1. The van der Waals surface area contributed by atoms with E-state index in [1.54, 1.807) is 12.1 Å². The van der Waals surface area contributed by atoms with E-state index >= 15 is 0 Å². The summed E-state index contributed by atoms with van der Waals surface area (Å²) in [7, 11) is 0. The molecule has 1 aromatic carbocycles. The molecule has 0 unspecified atom stereocenters. The smallest absolute Gasteiger partial charge is 0.115 e. The number of phenols is 1. The Balaban J connectivity index is 0.000000283. The molecule has 98 valence electrons. The second-order valence-corrected chi connectivity index (χ2v) is 3.51. The molecule has 0 aliphatic carbocycles. The largest absolute Gasteiger partial charge is 0.508 e. The van der Waals surface area contributed by atoms with E-state index in [1.807, 2.05) is 57.3 Å². The lowest BCUT2D eigenvalue weighted by molar-refractivity contribution is 0.475. The zero-order valence-corrected chi connectivity index (χ0v) is 11.7. The molecule has 2 rings (SSSR count). The van der Waals surface area contributed by atoms with Crippen molar-refractivity contribution in [2.75, 3.05) is 0 Å². The van der Waals surface area contributed by atoms with Crippen LogP contribution in [0.3, 0.4) is 0 Å². The van der Waals surface area contributed by atoms with Gasteiger partial charge in [0.25, 0.3) is 0 Å². The Kier molecular flexibility index (Phi) is 9.28. The molecule has 0 spiro atoms. The van der Waals surface area contributed by atoms with Crippen molar-refractivity contribution in [1.82, 2.24) is 4.98 Å². The van der Waals surface area contributed by atoms with Gasteiger partial charge in [-0.15, -0.1) is 0 Å². The lowest BCUT2D eigenvalue weighted by atomic mass is 10.2. The number of hydrogen-bond acceptors (Lipinski definition) is 2. The number of rotatable bonds is 1. The molecule has 2 aromatic rings. The molecule has 2 heteroatoms. The fourth-order valence-electron chi connectivity index (χ4n) is 1.15. The van der Waals surface area contributed by atoms with Crippen LogP contribution in [0.25, 0.3) is 0 Å². The Morgan fingerprint density at radius 1 is 1.00 bits per heavy atom. The van der Waals surface area contributed by atoms with Gasteiger partial charge in [0.2, 0.25) is 0 Å². The van der Waals surface area contributed by atoms with Crippen LogP contribution >= 0.6 is 0 Å². The van der Waals surface area contributed by atoms with Crippen molar-refractivity contribution < 1.29 is 5.11 Å². The first-order chi connectivity index (χ1) is 8.72. The first-order valence-electron chi connectivity index (χ1n) is 6.38. The molecule has 1 N–H and O–H groups in total. The summed E-state index contributed by atoms with van der Waals surface area (Å²) in [6.45, 7) is 8.09. The topological polar surface area (TPSA) is 33.1 Å². The minimum atomic E-state index is 0.329. The highest BCUT2D eigenvalue weighted by atomic mass is 16.3. The Hall–Kier alpha value is -1.83. The van der Waals surface area contributed by atoms with Gasteiger partial charge in [-0.1, -0.05) is 44.5 Å². The van der Waals surface area contributed by atoms with Gasteiger partial charge in [0, 0.05) is 11.9 Å². The van der Waals surface area contributed by atoms with Crippen LogP contribution in [0.4, 0.5) is 0 Å². The third kappa shape index (κ3) is 7.44. The van der Waals surface area contributed by atoms with Crippen LogP contribution in [0.1, 0.15) is 32.0 Å². The second-order valence-electron chi connectivity index (χ2n) is 3.51. The molecule has 0 bridgehead atoms. The highest BCUT2D eigenvalue weighted by Crippen LogP contribution is 2.07. The summed E-state index contributed by atoms with van der Waals surface area (Å²) in [5, 5.41) is 8.76. The number of aromatic nitrogens is 1. The molecule has 18 heavy (non-hydrogen) atoms. The summed E-state index contributed by atoms with van der Waals surface area (Å²) in [6.07, 6.45) is 2.85. The number of nitrogens with zero attached hydrogens (tertiary/aromatic N) is 1. The minimum absolute atomic E-state index is 0.329. The van der Waals surface area contributed by atoms with Gasteiger partial charge in [0.05, 0.1) is 0 Å². The summed E-state index contributed by atoms with van der Waals surface area (Å²) < 4.78 is 0. The van der Waals surface area contributed by atoms with Crippen LogP contribution in [-0.2, 0) is 6.42 Å². The normalized spacial score (nSPS) is 8.44. The molecule has 0 aliphatic rings. The predicted molar refractivity (Wildman–Crippen MR) is 77.8 cm³/mol. The number of benzene rings is 1. The summed E-state index contributed by atoms with van der Waals surface area (Å²) in [4.78, 5) is 4.10. The quantitative estimate of drug-likeness (QED) is 0.809. The maximum Gasteiger partial charge on any atom is 0.115 e. The van der Waals surface area contributed by atoms with Crippen LogP contribution in [0.15, 0.2) is 48.7 Å². The number of phenolic OH excluding ortho intramolecular Hbond substituents is 1. The molecule has 2 nitrogen and oxygen atoms in total. The average molecular weight is 245 g/mol. The highest BCUT2D eigenvalue weighted by Gasteiger charge is 1.82. The zero-order valence-electron chi connectivity index (χ0n) is 11.7. The predicted octanol–water partition coefficient (Wildman–Crippen LogP) is 4.37. The average Bonchev–Trinajstić information content (AvgIpc) is 2.46. The van der Waals surface area contributed by atoms with Gasteiger partial charge in [-0.3, -0.25) is 4.98 Å². The van der Waals surface area contributed by atoms with Gasteiger partial charge in [0.15, 0.2) is 0 Å². The molecular formula is C16H23NO. The third-order valence-corrected chi connectivity index (χ3v) is 2.12. The van der Waals surface area contributed by atoms with Gasteiger partial charge in [-0.05, 0) is 37.6 Å². The van der Waals surface area contributed by atoms with Crippen molar-refractivity contribution in [1.29, 1.82) is 0 Å². The number of hydrogen-bond donors (Lipinski definition) is 1. The minimum Gasteiger partial charge on any atom is -0.508 e. The molecule has 0 saturated carbocycles. The van der Waals surface area contributed by atoms with E-state index in [-0.39, 0.29) is 0 Å². The van der Waals surface area contributed by atoms with E-state index < -0.39 is 0 Å². The number of aryl methyl sites for hydroxylation is 2. The fourth-order valence-corrected chi connectivity index (χ4v) is 1.15. The maximum absolute atomic E-state index is 8.76. The molecular weight excluding hydrogens is 222 g/mol. The molecule has 0 saturated heterocycles. The van der Waals surface area contributed by atoms with E-state index in [9.17, 15) is 0 Å². The van der Waals surface area contributed by atoms with Crippen molar-refractivity contribution in [2.45, 2.75) is 34.1 Å². The monoisotopic (exact) mass is 245 g/mol. The number of aromatic hydroxyl groups is 1. The van der Waals surface area contributed by atoms with Gasteiger partial charge in [0.1, 0.15) is 5.75 Å². The zero-order chi connectivity index (χ0) is 13.8. The van der Waals surface area contributed by atoms with E-state index in [0.717, 1.165) is 12.1 Å². The maximum atomic E-state index is 8.76. The first-order valence-corrected chi connectivity index (χ1v) is 6.38. The summed E-state index contributed by atoms with van der Waals surface area (Å²) >= 11 is 0. The van der Waals surface area contributed by atoms with Gasteiger partial charge in [-0.25, -0.2) is 0 Å². The summed E-state index contributed by atoms with van der Waals surface area (Å²) in [5.74, 6) is 0.329. The van der Waals surface area contributed by atoms with Gasteiger partial charge >= 0.3 is 0 Å². The Bertz CT molecular complexity index is 374. The Morgan fingerprint density at radius 3 is 1.94 bits per heavy atom. The lowest BCUT2D eigenvalue weighted by Gasteiger charge is -1.89. The van der Waals surface area contributed by atoms with Crippen molar-refractivity contribution in [3.8, 4) is 5.75 Å². The molecule has 1 heterocycles. The standard InChI is InChI=1S/C7H9N.C7H8O.C2H6/c1-2-7-5-3-4-6-8-7;1-6-2-4-7(8)5-3-6;1-2/h3-6H,2H2,1H3;2-5,8H,1H3;1-2H3. The highest BCUT2D eigenvalue weighted by molar-refractivity contribution is 5.24. The molecule has 0 radical (unpaired) electrons. The van der Waals surface area contributed by atoms with Crippen molar-refractivity contribution in [3.05, 3.63) is 59.9 Å². The fraction of sp³-hybridized carbons (Fsp3) is 0.312. The second kappa shape index (κ2) is 10.3. The molecule has 0 atom stereocenters. The van der Waals surface area contributed by atoms with Gasteiger partial charge < -0.3 is 5.11 Å². The van der Waals surface area contributed by atoms with Crippen molar-refractivity contribution >= 4 is 0 Å².